The topological polar surface area (TPSA) is 123 Å². The SMILES string of the molecule is CN(C)c1ccccc1C=COC(=O)c1ncc([N+](=O)[O-])cc1C(=O)O. The van der Waals surface area contributed by atoms with Crippen LogP contribution in [0, 0.1) is 10.1 Å². The molecule has 0 atom stereocenters. The van der Waals surface area contributed by atoms with Crippen molar-refractivity contribution in [2.75, 3.05) is 19.0 Å². The number of hydrogen-bond acceptors (Lipinski definition) is 7. The molecule has 9 nitrogen and oxygen atoms in total. The number of esters is 1. The largest absolute Gasteiger partial charge is 0.478 e. The van der Waals surface area contributed by atoms with E-state index in [1.54, 1.807) is 6.08 Å². The van der Waals surface area contributed by atoms with Crippen molar-refractivity contribution in [1.82, 2.24) is 4.98 Å². The van der Waals surface area contributed by atoms with Crippen molar-refractivity contribution in [3.8, 4) is 0 Å². The van der Waals surface area contributed by atoms with Crippen LogP contribution in [0.15, 0.2) is 42.8 Å². The fraction of sp³-hybridized carbons (Fsp3) is 0.118. The molecule has 134 valence electrons. The van der Waals surface area contributed by atoms with Crippen molar-refractivity contribution < 1.29 is 24.4 Å². The molecule has 1 aromatic carbocycles. The average Bonchev–Trinajstić information content (AvgIpc) is 2.61. The number of para-hydroxylation sites is 1. The van der Waals surface area contributed by atoms with Gasteiger partial charge in [-0.3, -0.25) is 10.1 Å². The molecular weight excluding hydrogens is 342 g/mol. The van der Waals surface area contributed by atoms with E-state index < -0.39 is 33.8 Å². The molecule has 0 fully saturated rings. The summed E-state index contributed by atoms with van der Waals surface area (Å²) in [5.41, 5.74) is 0.00856. The van der Waals surface area contributed by atoms with Crippen molar-refractivity contribution in [1.29, 1.82) is 0 Å². The molecule has 0 amide bonds. The third-order valence-corrected chi connectivity index (χ3v) is 3.35. The molecule has 2 aromatic rings. The monoisotopic (exact) mass is 357 g/mol. The molecule has 0 saturated heterocycles. The number of nitrogens with zero attached hydrogens (tertiary/aromatic N) is 3. The van der Waals surface area contributed by atoms with E-state index in [2.05, 4.69) is 4.98 Å². The van der Waals surface area contributed by atoms with Crippen LogP contribution in [-0.4, -0.2) is 41.0 Å². The van der Waals surface area contributed by atoms with Gasteiger partial charge in [-0.15, -0.1) is 0 Å². The first kappa shape index (κ1) is 18.6. The summed E-state index contributed by atoms with van der Waals surface area (Å²) in [5.74, 6) is -2.55. The summed E-state index contributed by atoms with van der Waals surface area (Å²) in [7, 11) is 3.72. The molecule has 0 radical (unpaired) electrons. The van der Waals surface area contributed by atoms with E-state index in [0.29, 0.717) is 0 Å². The minimum Gasteiger partial charge on any atom is -0.478 e. The number of carboxylic acid groups (broad SMARTS) is 1. The van der Waals surface area contributed by atoms with Crippen LogP contribution in [0.3, 0.4) is 0 Å². The van der Waals surface area contributed by atoms with Gasteiger partial charge in [0.25, 0.3) is 5.69 Å². The summed E-state index contributed by atoms with van der Waals surface area (Å²) in [6.45, 7) is 0. The molecular formula is C17H15N3O6. The molecule has 0 bridgehead atoms. The van der Waals surface area contributed by atoms with Crippen molar-refractivity contribution in [2.45, 2.75) is 0 Å². The van der Waals surface area contributed by atoms with E-state index in [1.165, 1.54) is 0 Å². The lowest BCUT2D eigenvalue weighted by Crippen LogP contribution is -2.13. The number of aromatic carboxylic acids is 1. The first-order valence-corrected chi connectivity index (χ1v) is 7.33. The fourth-order valence-electron chi connectivity index (χ4n) is 2.14. The van der Waals surface area contributed by atoms with Gasteiger partial charge in [0, 0.05) is 31.4 Å². The second kappa shape index (κ2) is 7.88. The lowest BCUT2D eigenvalue weighted by atomic mass is 10.1. The molecule has 1 N–H and O–H groups in total. The first-order valence-electron chi connectivity index (χ1n) is 7.33. The Balaban J connectivity index is 2.23. The van der Waals surface area contributed by atoms with Crippen molar-refractivity contribution in [2.24, 2.45) is 0 Å². The highest BCUT2D eigenvalue weighted by Gasteiger charge is 2.23. The van der Waals surface area contributed by atoms with E-state index >= 15 is 0 Å². The lowest BCUT2D eigenvalue weighted by Gasteiger charge is -2.15. The Morgan fingerprint density at radius 3 is 2.62 bits per heavy atom. The van der Waals surface area contributed by atoms with Gasteiger partial charge in [-0.2, -0.15) is 0 Å². The van der Waals surface area contributed by atoms with E-state index in [4.69, 9.17) is 9.84 Å². The Morgan fingerprint density at radius 1 is 1.31 bits per heavy atom. The van der Waals surface area contributed by atoms with Crippen LogP contribution in [0.2, 0.25) is 0 Å². The van der Waals surface area contributed by atoms with Crippen LogP contribution in [0.5, 0.6) is 0 Å². The van der Waals surface area contributed by atoms with Gasteiger partial charge in [0.15, 0.2) is 5.69 Å². The number of hydrogen-bond donors (Lipinski definition) is 1. The molecule has 9 heteroatoms. The summed E-state index contributed by atoms with van der Waals surface area (Å²) in [5, 5.41) is 19.8. The minimum absolute atomic E-state index is 0.520. The first-order chi connectivity index (χ1) is 12.3. The van der Waals surface area contributed by atoms with E-state index in [-0.39, 0.29) is 0 Å². The maximum atomic E-state index is 12.1. The Hall–Kier alpha value is -3.75. The zero-order valence-electron chi connectivity index (χ0n) is 13.9. The van der Waals surface area contributed by atoms with Gasteiger partial charge in [0.05, 0.1) is 16.7 Å². The van der Waals surface area contributed by atoms with Gasteiger partial charge in [-0.25, -0.2) is 14.6 Å². The second-order valence-electron chi connectivity index (χ2n) is 5.31. The third-order valence-electron chi connectivity index (χ3n) is 3.35. The molecule has 0 unspecified atom stereocenters. The van der Waals surface area contributed by atoms with Gasteiger partial charge < -0.3 is 14.7 Å². The molecule has 0 aliphatic heterocycles. The summed E-state index contributed by atoms with van der Waals surface area (Å²) in [4.78, 5) is 38.6. The van der Waals surface area contributed by atoms with Crippen molar-refractivity contribution in [3.63, 3.8) is 0 Å². The Labute approximate surface area is 148 Å². The fourth-order valence-corrected chi connectivity index (χ4v) is 2.14. The number of rotatable bonds is 6. The normalized spacial score (nSPS) is 10.5. The molecule has 1 aromatic heterocycles. The van der Waals surface area contributed by atoms with Gasteiger partial charge in [0.2, 0.25) is 0 Å². The summed E-state index contributed by atoms with van der Waals surface area (Å²) >= 11 is 0. The van der Waals surface area contributed by atoms with E-state index in [9.17, 15) is 19.7 Å². The van der Waals surface area contributed by atoms with Crippen LogP contribution < -0.4 is 4.90 Å². The number of nitro groups is 1. The van der Waals surface area contributed by atoms with Crippen LogP contribution in [0.25, 0.3) is 6.08 Å². The van der Waals surface area contributed by atoms with Crippen LogP contribution in [0.4, 0.5) is 11.4 Å². The number of ether oxygens (including phenoxy) is 1. The van der Waals surface area contributed by atoms with Crippen LogP contribution >= 0.6 is 0 Å². The molecule has 2 rings (SSSR count). The summed E-state index contributed by atoms with van der Waals surface area (Å²) in [6, 6.07) is 8.12. The quantitative estimate of drug-likeness (QED) is 0.362. The predicted molar refractivity (Wildman–Crippen MR) is 93.1 cm³/mol. The summed E-state index contributed by atoms with van der Waals surface area (Å²) < 4.78 is 4.92. The standard InChI is InChI=1S/C17H15N3O6/c1-19(2)14-6-4-3-5-11(14)7-8-26-17(23)15-13(16(21)22)9-12(10-18-15)20(24)25/h3-10H,1-2H3,(H,21,22). The highest BCUT2D eigenvalue weighted by molar-refractivity contribution is 6.01. The van der Waals surface area contributed by atoms with Gasteiger partial charge in [-0.05, 0) is 12.1 Å². The molecule has 0 spiro atoms. The molecule has 0 saturated carbocycles. The maximum absolute atomic E-state index is 12.1. The van der Waals surface area contributed by atoms with Gasteiger partial charge in [0.1, 0.15) is 6.20 Å². The highest BCUT2D eigenvalue weighted by Crippen LogP contribution is 2.20. The lowest BCUT2D eigenvalue weighted by molar-refractivity contribution is -0.385. The number of anilines is 1. The van der Waals surface area contributed by atoms with E-state index in [0.717, 1.165) is 29.8 Å². The Kier molecular flexibility index (Phi) is 5.63. The number of carbonyl (C=O) groups is 2. The zero-order valence-corrected chi connectivity index (χ0v) is 13.9. The number of benzene rings is 1. The average molecular weight is 357 g/mol. The molecule has 1 heterocycles. The molecule has 0 aliphatic rings. The molecule has 26 heavy (non-hydrogen) atoms. The number of carbonyl (C=O) groups excluding carboxylic acids is 1. The summed E-state index contributed by atoms with van der Waals surface area (Å²) in [6.07, 6.45) is 3.45. The van der Waals surface area contributed by atoms with Gasteiger partial charge in [-0.1, -0.05) is 18.2 Å². The van der Waals surface area contributed by atoms with Crippen LogP contribution in [-0.2, 0) is 4.74 Å². The number of aromatic nitrogens is 1. The van der Waals surface area contributed by atoms with Gasteiger partial charge >= 0.3 is 11.9 Å². The third kappa shape index (κ3) is 4.20. The Bertz CT molecular complexity index is 892. The van der Waals surface area contributed by atoms with E-state index in [1.807, 2.05) is 43.3 Å². The zero-order chi connectivity index (χ0) is 19.3. The second-order valence-corrected chi connectivity index (χ2v) is 5.31. The van der Waals surface area contributed by atoms with Crippen molar-refractivity contribution in [3.05, 3.63) is 69.7 Å². The van der Waals surface area contributed by atoms with Crippen LogP contribution in [0.1, 0.15) is 26.4 Å². The highest BCUT2D eigenvalue weighted by atomic mass is 16.6. The maximum Gasteiger partial charge on any atom is 0.362 e. The Morgan fingerprint density at radius 2 is 2.00 bits per heavy atom. The molecule has 0 aliphatic carbocycles. The predicted octanol–water partition coefficient (Wildman–Crippen LogP) is 2.58. The number of pyridine rings is 1. The number of carboxylic acids is 1. The minimum atomic E-state index is -1.52. The smallest absolute Gasteiger partial charge is 0.362 e. The van der Waals surface area contributed by atoms with Crippen molar-refractivity contribution >= 4 is 29.4 Å².